The molecular weight excluding hydrogens is 162 g/mol. The van der Waals surface area contributed by atoms with Gasteiger partial charge in [-0.25, -0.2) is 0 Å². The van der Waals surface area contributed by atoms with Crippen LogP contribution in [-0.2, 0) is 4.79 Å². The molecule has 0 heterocycles. The fraction of sp³-hybridized carbons (Fsp3) is 0.714. The first kappa shape index (κ1) is 10.5. The number of carbonyl (C=O) groups excluding carboxylic acids is 2. The van der Waals surface area contributed by atoms with Crippen molar-refractivity contribution < 1.29 is 9.59 Å². The van der Waals surface area contributed by atoms with Gasteiger partial charge in [0.25, 0.3) is 5.24 Å². The second-order valence-corrected chi connectivity index (χ2v) is 2.56. The van der Waals surface area contributed by atoms with Gasteiger partial charge in [-0.15, -0.1) is 0 Å². The summed E-state index contributed by atoms with van der Waals surface area (Å²) in [4.78, 5) is 22.9. The Labute approximate surface area is 72.2 Å². The van der Waals surface area contributed by atoms with E-state index in [4.69, 9.17) is 0 Å². The van der Waals surface area contributed by atoms with Crippen molar-refractivity contribution in [2.24, 2.45) is 0 Å². The highest BCUT2D eigenvalue weighted by Crippen LogP contribution is 2.00. The van der Waals surface area contributed by atoms with Crippen LogP contribution in [0.3, 0.4) is 0 Å². The van der Waals surface area contributed by atoms with E-state index in [2.05, 4.69) is 12.6 Å². The third-order valence-electron chi connectivity index (χ3n) is 1.28. The van der Waals surface area contributed by atoms with Crippen molar-refractivity contribution in [3.8, 4) is 0 Å². The van der Waals surface area contributed by atoms with Crippen LogP contribution in [0.25, 0.3) is 0 Å². The maximum Gasteiger partial charge on any atom is 0.285 e. The molecule has 0 saturated carbocycles. The lowest BCUT2D eigenvalue weighted by Crippen LogP contribution is -2.33. The first-order valence-electron chi connectivity index (χ1n) is 3.66. The molecule has 0 N–H and O–H groups in total. The predicted molar refractivity (Wildman–Crippen MR) is 46.7 cm³/mol. The number of imide groups is 1. The molecule has 0 aromatic rings. The summed E-state index contributed by atoms with van der Waals surface area (Å²) in [5.41, 5.74) is 0. The van der Waals surface area contributed by atoms with Crippen LogP contribution in [0, 0.1) is 0 Å². The Morgan fingerprint density at radius 1 is 1.36 bits per heavy atom. The van der Waals surface area contributed by atoms with Crippen molar-refractivity contribution in [1.29, 1.82) is 0 Å². The molecule has 0 radical (unpaired) electrons. The van der Waals surface area contributed by atoms with Gasteiger partial charge in [-0.05, 0) is 6.42 Å². The lowest BCUT2D eigenvalue weighted by molar-refractivity contribution is -0.127. The molecule has 11 heavy (non-hydrogen) atoms. The zero-order chi connectivity index (χ0) is 8.85. The third-order valence-corrected chi connectivity index (χ3v) is 1.52. The number of hydrogen-bond donors (Lipinski definition) is 1. The Bertz CT molecular complexity index is 159. The van der Waals surface area contributed by atoms with Gasteiger partial charge in [0.05, 0.1) is 0 Å². The average molecular weight is 175 g/mol. The highest BCUT2D eigenvalue weighted by molar-refractivity contribution is 7.96. The molecule has 0 aromatic carbocycles. The van der Waals surface area contributed by atoms with Crippen molar-refractivity contribution in [1.82, 2.24) is 4.90 Å². The van der Waals surface area contributed by atoms with E-state index in [9.17, 15) is 9.59 Å². The minimum absolute atomic E-state index is 0.160. The van der Waals surface area contributed by atoms with Crippen LogP contribution >= 0.6 is 12.6 Å². The van der Waals surface area contributed by atoms with Gasteiger partial charge in [0.1, 0.15) is 0 Å². The van der Waals surface area contributed by atoms with E-state index in [-0.39, 0.29) is 5.91 Å². The Morgan fingerprint density at radius 3 is 2.18 bits per heavy atom. The largest absolute Gasteiger partial charge is 0.285 e. The lowest BCUT2D eigenvalue weighted by Gasteiger charge is -2.15. The van der Waals surface area contributed by atoms with Crippen LogP contribution < -0.4 is 0 Å². The SMILES string of the molecule is CCCN(C(=O)S)C(=O)CC. The van der Waals surface area contributed by atoms with Crippen molar-refractivity contribution in [3.05, 3.63) is 0 Å². The average Bonchev–Trinajstić information content (AvgIpc) is 1.98. The molecule has 3 nitrogen and oxygen atoms in total. The Kier molecular flexibility index (Phi) is 4.94. The molecule has 0 rings (SSSR count). The minimum Gasteiger partial charge on any atom is -0.274 e. The molecule has 2 amide bonds. The molecule has 4 heteroatoms. The van der Waals surface area contributed by atoms with Gasteiger partial charge < -0.3 is 0 Å². The van der Waals surface area contributed by atoms with E-state index in [1.807, 2.05) is 6.92 Å². The molecule has 64 valence electrons. The zero-order valence-corrected chi connectivity index (χ0v) is 7.73. The van der Waals surface area contributed by atoms with Crippen LogP contribution in [0.4, 0.5) is 4.79 Å². The normalized spacial score (nSPS) is 9.36. The summed E-state index contributed by atoms with van der Waals surface area (Å²) in [5, 5.41) is -0.460. The van der Waals surface area contributed by atoms with Crippen molar-refractivity contribution in [2.45, 2.75) is 26.7 Å². The minimum atomic E-state index is -0.460. The van der Waals surface area contributed by atoms with E-state index in [1.54, 1.807) is 6.92 Å². The zero-order valence-electron chi connectivity index (χ0n) is 6.83. The Morgan fingerprint density at radius 2 is 1.91 bits per heavy atom. The van der Waals surface area contributed by atoms with Gasteiger partial charge in [-0.1, -0.05) is 26.5 Å². The number of rotatable bonds is 3. The van der Waals surface area contributed by atoms with Gasteiger partial charge in [0, 0.05) is 13.0 Å². The van der Waals surface area contributed by atoms with Crippen LogP contribution in [0.5, 0.6) is 0 Å². The van der Waals surface area contributed by atoms with Gasteiger partial charge in [-0.2, -0.15) is 0 Å². The van der Waals surface area contributed by atoms with E-state index >= 15 is 0 Å². The highest BCUT2D eigenvalue weighted by atomic mass is 32.1. The molecule has 0 aliphatic heterocycles. The number of hydrogen-bond acceptors (Lipinski definition) is 2. The maximum atomic E-state index is 11.0. The van der Waals surface area contributed by atoms with Crippen molar-refractivity contribution >= 4 is 23.8 Å². The summed E-state index contributed by atoms with van der Waals surface area (Å²) in [7, 11) is 0. The smallest absolute Gasteiger partial charge is 0.274 e. The standard InChI is InChI=1S/C7H13NO2S/c1-3-5-8(7(10)11)6(9)4-2/h3-5H2,1-2H3,(H,10,11). The molecule has 0 aliphatic rings. The van der Waals surface area contributed by atoms with E-state index in [1.165, 1.54) is 0 Å². The van der Waals surface area contributed by atoms with Gasteiger partial charge in [0.15, 0.2) is 0 Å². The summed E-state index contributed by atoms with van der Waals surface area (Å²) in [6, 6.07) is 0. The third kappa shape index (κ3) is 3.41. The monoisotopic (exact) mass is 175 g/mol. The number of thiol groups is 1. The Hall–Kier alpha value is -0.510. The number of carbonyl (C=O) groups is 2. The second-order valence-electron chi connectivity index (χ2n) is 2.18. The van der Waals surface area contributed by atoms with Crippen LogP contribution in [0.1, 0.15) is 26.7 Å². The molecule has 0 atom stereocenters. The molecule has 0 bridgehead atoms. The van der Waals surface area contributed by atoms with Crippen LogP contribution in [0.2, 0.25) is 0 Å². The first-order valence-corrected chi connectivity index (χ1v) is 4.11. The van der Waals surface area contributed by atoms with Gasteiger partial charge >= 0.3 is 0 Å². The molecule has 0 spiro atoms. The molecule has 0 unspecified atom stereocenters. The van der Waals surface area contributed by atoms with E-state index in [0.717, 1.165) is 11.3 Å². The van der Waals surface area contributed by atoms with Gasteiger partial charge in [0.2, 0.25) is 5.91 Å². The van der Waals surface area contributed by atoms with Crippen molar-refractivity contribution in [3.63, 3.8) is 0 Å². The van der Waals surface area contributed by atoms with Crippen molar-refractivity contribution in [2.75, 3.05) is 6.54 Å². The quantitative estimate of drug-likeness (QED) is 0.663. The molecule has 0 saturated heterocycles. The molecule has 0 aromatic heterocycles. The van der Waals surface area contributed by atoms with Crippen LogP contribution in [0.15, 0.2) is 0 Å². The Balaban J connectivity index is 4.09. The van der Waals surface area contributed by atoms with Gasteiger partial charge in [-0.3, -0.25) is 14.5 Å². The first-order chi connectivity index (χ1) is 5.13. The maximum absolute atomic E-state index is 11.0. The molecule has 0 aliphatic carbocycles. The van der Waals surface area contributed by atoms with E-state index in [0.29, 0.717) is 13.0 Å². The summed E-state index contributed by atoms with van der Waals surface area (Å²) >= 11 is 3.59. The van der Waals surface area contributed by atoms with E-state index < -0.39 is 5.24 Å². The summed E-state index contributed by atoms with van der Waals surface area (Å²) in [6.07, 6.45) is 1.13. The summed E-state index contributed by atoms with van der Waals surface area (Å²) in [6.45, 7) is 4.10. The molecular formula is C7H13NO2S. The van der Waals surface area contributed by atoms with Crippen LogP contribution in [-0.4, -0.2) is 22.6 Å². The topological polar surface area (TPSA) is 37.4 Å². The predicted octanol–water partition coefficient (Wildman–Crippen LogP) is 1.68. The number of amides is 2. The fourth-order valence-corrected chi connectivity index (χ4v) is 0.953. The fourth-order valence-electron chi connectivity index (χ4n) is 0.741. The summed E-state index contributed by atoms with van der Waals surface area (Å²) in [5.74, 6) is -0.160. The number of nitrogens with zero attached hydrogens (tertiary/aromatic N) is 1. The lowest BCUT2D eigenvalue weighted by atomic mass is 10.4. The molecule has 0 fully saturated rings. The second kappa shape index (κ2) is 5.18. The summed E-state index contributed by atoms with van der Waals surface area (Å²) < 4.78 is 0. The highest BCUT2D eigenvalue weighted by Gasteiger charge is 2.14.